The van der Waals surface area contributed by atoms with Crippen LogP contribution in [0.3, 0.4) is 0 Å². The van der Waals surface area contributed by atoms with E-state index in [9.17, 15) is 15.0 Å². The van der Waals surface area contributed by atoms with Gasteiger partial charge in [-0.15, -0.1) is 5.10 Å². The Hall–Kier alpha value is -2.69. The smallest absolute Gasteiger partial charge is 0.251 e. The lowest BCUT2D eigenvalue weighted by atomic mass is 10.1. The summed E-state index contributed by atoms with van der Waals surface area (Å²) in [5.41, 5.74) is 1.08. The minimum absolute atomic E-state index is 0.129. The van der Waals surface area contributed by atoms with Crippen LogP contribution in [0.4, 0.5) is 0 Å². The van der Waals surface area contributed by atoms with Crippen molar-refractivity contribution in [1.29, 1.82) is 0 Å². The number of hydrogen-bond donors (Lipinski definition) is 3. The fourth-order valence-corrected chi connectivity index (χ4v) is 3.62. The number of fused-ring (bicyclic) bond motifs is 1. The number of aliphatic hydroxyl groups is 2. The number of ether oxygens (including phenoxy) is 3. The highest BCUT2D eigenvalue weighted by Crippen LogP contribution is 2.33. The van der Waals surface area contributed by atoms with Crippen LogP contribution in [0.5, 0.6) is 11.5 Å². The Balaban J connectivity index is 1.39. The molecular weight excluding hydrogens is 368 g/mol. The average molecular weight is 390 g/mol. The summed E-state index contributed by atoms with van der Waals surface area (Å²) < 4.78 is 17.1. The van der Waals surface area contributed by atoms with E-state index in [2.05, 4.69) is 15.6 Å². The zero-order valence-electron chi connectivity index (χ0n) is 15.3. The van der Waals surface area contributed by atoms with Crippen molar-refractivity contribution in [1.82, 2.24) is 20.3 Å². The molecule has 28 heavy (non-hydrogen) atoms. The van der Waals surface area contributed by atoms with E-state index in [4.69, 9.17) is 14.2 Å². The molecule has 2 aliphatic rings. The molecule has 2 heterocycles. The van der Waals surface area contributed by atoms with Gasteiger partial charge in [-0.2, -0.15) is 0 Å². The Kier molecular flexibility index (Phi) is 5.16. The van der Waals surface area contributed by atoms with E-state index in [1.54, 1.807) is 36.2 Å². The van der Waals surface area contributed by atoms with Gasteiger partial charge < -0.3 is 29.7 Å². The van der Waals surface area contributed by atoms with Gasteiger partial charge in [0.15, 0.2) is 11.5 Å². The van der Waals surface area contributed by atoms with Gasteiger partial charge in [-0.25, -0.2) is 0 Å². The summed E-state index contributed by atoms with van der Waals surface area (Å²) in [5.74, 6) is 0.483. The van der Waals surface area contributed by atoms with Crippen molar-refractivity contribution in [3.05, 3.63) is 35.7 Å². The Morgan fingerprint density at radius 3 is 2.96 bits per heavy atom. The van der Waals surface area contributed by atoms with Gasteiger partial charge in [-0.3, -0.25) is 9.48 Å². The van der Waals surface area contributed by atoms with E-state index in [1.807, 2.05) is 0 Å². The molecule has 4 rings (SSSR count). The van der Waals surface area contributed by atoms with E-state index in [0.29, 0.717) is 42.3 Å². The van der Waals surface area contributed by atoms with Crippen LogP contribution in [0.2, 0.25) is 0 Å². The highest BCUT2D eigenvalue weighted by molar-refractivity contribution is 5.95. The minimum atomic E-state index is -1.06. The second-order valence-electron chi connectivity index (χ2n) is 6.99. The number of methoxy groups -OCH3 is 1. The van der Waals surface area contributed by atoms with Crippen molar-refractivity contribution < 1.29 is 29.2 Å². The fraction of sp³-hybridized carbons (Fsp3) is 0.500. The maximum absolute atomic E-state index is 12.6. The lowest BCUT2D eigenvalue weighted by molar-refractivity contribution is 0.00761. The molecule has 1 aromatic heterocycles. The molecule has 4 atom stereocenters. The van der Waals surface area contributed by atoms with Gasteiger partial charge in [0, 0.05) is 25.1 Å². The van der Waals surface area contributed by atoms with Crippen LogP contribution in [-0.4, -0.2) is 63.3 Å². The van der Waals surface area contributed by atoms with Gasteiger partial charge in [0.2, 0.25) is 6.79 Å². The monoisotopic (exact) mass is 390 g/mol. The third-order valence-corrected chi connectivity index (χ3v) is 5.05. The first-order valence-corrected chi connectivity index (χ1v) is 8.99. The number of aliphatic hydroxyl groups excluding tert-OH is 2. The number of nitrogens with one attached hydrogen (secondary N) is 1. The van der Waals surface area contributed by atoms with Crippen LogP contribution < -0.4 is 14.8 Å². The standard InChI is InChI=1S/C18H22N4O6/c1-26-8-12-7-22(21-20-12)6-11-4-13(17(24)16(11)23)19-18(25)10-2-3-14-15(5-10)28-9-27-14/h2-3,5,7,11,13,16-17,23-24H,4,6,8-9H2,1H3,(H,19,25). The fourth-order valence-electron chi connectivity index (χ4n) is 3.62. The molecule has 1 amide bonds. The number of amides is 1. The van der Waals surface area contributed by atoms with Crippen LogP contribution in [0, 0.1) is 5.92 Å². The summed E-state index contributed by atoms with van der Waals surface area (Å²) in [5, 5.41) is 31.5. The van der Waals surface area contributed by atoms with Crippen LogP contribution in [0.15, 0.2) is 24.4 Å². The number of carbonyl (C=O) groups excluding carboxylic acids is 1. The van der Waals surface area contributed by atoms with Crippen molar-refractivity contribution >= 4 is 5.91 Å². The number of benzene rings is 1. The Morgan fingerprint density at radius 1 is 1.32 bits per heavy atom. The third-order valence-electron chi connectivity index (χ3n) is 5.05. The first-order valence-electron chi connectivity index (χ1n) is 8.99. The molecule has 0 saturated heterocycles. The van der Waals surface area contributed by atoms with Crippen LogP contribution in [-0.2, 0) is 17.9 Å². The predicted molar refractivity (Wildman–Crippen MR) is 94.7 cm³/mol. The number of carbonyl (C=O) groups is 1. The maximum Gasteiger partial charge on any atom is 0.251 e. The minimum Gasteiger partial charge on any atom is -0.454 e. The quantitative estimate of drug-likeness (QED) is 0.613. The lowest BCUT2D eigenvalue weighted by Gasteiger charge is -2.18. The maximum atomic E-state index is 12.6. The van der Waals surface area contributed by atoms with Crippen molar-refractivity contribution in [2.75, 3.05) is 13.9 Å². The summed E-state index contributed by atoms with van der Waals surface area (Å²) in [6.07, 6.45) is 0.112. The van der Waals surface area contributed by atoms with E-state index in [1.165, 1.54) is 0 Å². The van der Waals surface area contributed by atoms with Gasteiger partial charge in [0.1, 0.15) is 11.8 Å². The highest BCUT2D eigenvalue weighted by atomic mass is 16.7. The molecule has 10 heteroatoms. The first-order chi connectivity index (χ1) is 13.5. The topological polar surface area (TPSA) is 128 Å². The molecule has 1 aromatic carbocycles. The Morgan fingerprint density at radius 2 is 2.14 bits per heavy atom. The second kappa shape index (κ2) is 7.74. The van der Waals surface area contributed by atoms with Crippen molar-refractivity contribution in [3.8, 4) is 11.5 Å². The van der Waals surface area contributed by atoms with Crippen molar-refractivity contribution in [3.63, 3.8) is 0 Å². The van der Waals surface area contributed by atoms with E-state index < -0.39 is 18.2 Å². The summed E-state index contributed by atoms with van der Waals surface area (Å²) in [4.78, 5) is 12.6. The molecule has 10 nitrogen and oxygen atoms in total. The molecule has 0 radical (unpaired) electrons. The Labute approximate surface area is 161 Å². The third kappa shape index (κ3) is 3.66. The number of hydrogen-bond acceptors (Lipinski definition) is 8. The number of aromatic nitrogens is 3. The number of nitrogens with zero attached hydrogens (tertiary/aromatic N) is 3. The number of rotatable bonds is 6. The molecule has 0 spiro atoms. The van der Waals surface area contributed by atoms with Gasteiger partial charge in [-0.1, -0.05) is 5.21 Å². The largest absolute Gasteiger partial charge is 0.454 e. The van der Waals surface area contributed by atoms with Crippen LogP contribution in [0.1, 0.15) is 22.5 Å². The summed E-state index contributed by atoms with van der Waals surface area (Å²) in [6, 6.07) is 4.33. The molecule has 4 unspecified atom stereocenters. The highest BCUT2D eigenvalue weighted by Gasteiger charge is 2.42. The average Bonchev–Trinajstić information content (AvgIpc) is 3.39. The molecule has 0 bridgehead atoms. The lowest BCUT2D eigenvalue weighted by Crippen LogP contribution is -2.43. The molecule has 2 aromatic rings. The van der Waals surface area contributed by atoms with Gasteiger partial charge in [0.25, 0.3) is 5.91 Å². The van der Waals surface area contributed by atoms with Gasteiger partial charge >= 0.3 is 0 Å². The van der Waals surface area contributed by atoms with Crippen molar-refractivity contribution in [2.24, 2.45) is 5.92 Å². The molecule has 1 fully saturated rings. The second-order valence-corrected chi connectivity index (χ2v) is 6.99. The van der Waals surface area contributed by atoms with E-state index in [0.717, 1.165) is 0 Å². The molecular formula is C18H22N4O6. The van der Waals surface area contributed by atoms with Crippen molar-refractivity contribution in [2.45, 2.75) is 37.8 Å². The van der Waals surface area contributed by atoms with Gasteiger partial charge in [-0.05, 0) is 24.6 Å². The van der Waals surface area contributed by atoms with E-state index >= 15 is 0 Å². The van der Waals surface area contributed by atoms with Gasteiger partial charge in [0.05, 0.1) is 24.9 Å². The zero-order chi connectivity index (χ0) is 19.7. The Bertz CT molecular complexity index is 856. The zero-order valence-corrected chi connectivity index (χ0v) is 15.3. The summed E-state index contributed by atoms with van der Waals surface area (Å²) in [6.45, 7) is 0.861. The predicted octanol–water partition coefficient (Wildman–Crippen LogP) is -0.306. The van der Waals surface area contributed by atoms with Crippen LogP contribution in [0.25, 0.3) is 0 Å². The van der Waals surface area contributed by atoms with Crippen LogP contribution >= 0.6 is 0 Å². The molecule has 3 N–H and O–H groups in total. The summed E-state index contributed by atoms with van der Waals surface area (Å²) >= 11 is 0. The molecule has 1 aliphatic heterocycles. The summed E-state index contributed by atoms with van der Waals surface area (Å²) in [7, 11) is 1.57. The SMILES string of the molecule is COCc1cn(CC2CC(NC(=O)c3ccc4c(c3)OCO4)C(O)C2O)nn1. The first kappa shape index (κ1) is 18.7. The normalized spacial score (nSPS) is 25.8. The molecule has 150 valence electrons. The molecule has 1 saturated carbocycles. The molecule has 1 aliphatic carbocycles. The van der Waals surface area contributed by atoms with E-state index in [-0.39, 0.29) is 18.6 Å².